The van der Waals surface area contributed by atoms with E-state index < -0.39 is 28.5 Å². The van der Waals surface area contributed by atoms with Crippen LogP contribution >= 0.6 is 11.6 Å². The SMILES string of the molecule is CC[C@@H](C)NC(=O)[C@H](Cc1ccccc1)N(Cc1ccccc1Cl)C(=O)CN(c1cccc(OC)c1)S(=O)(=O)c1ccccc1. The molecule has 0 aliphatic heterocycles. The molecule has 4 aromatic carbocycles. The first kappa shape index (κ1) is 33.6. The van der Waals surface area contributed by atoms with Crippen molar-refractivity contribution in [3.8, 4) is 5.75 Å². The lowest BCUT2D eigenvalue weighted by atomic mass is 10.0. The number of methoxy groups -OCH3 is 1. The summed E-state index contributed by atoms with van der Waals surface area (Å²) in [5.41, 5.74) is 1.72. The summed E-state index contributed by atoms with van der Waals surface area (Å²) in [6, 6.07) is 29.8. The molecular weight excluding hydrogens is 610 g/mol. The Labute approximate surface area is 270 Å². The molecule has 2 amide bonds. The van der Waals surface area contributed by atoms with Gasteiger partial charge in [-0.1, -0.05) is 91.3 Å². The second kappa shape index (κ2) is 15.6. The van der Waals surface area contributed by atoms with Gasteiger partial charge in [-0.25, -0.2) is 8.42 Å². The van der Waals surface area contributed by atoms with E-state index in [0.717, 1.165) is 9.87 Å². The summed E-state index contributed by atoms with van der Waals surface area (Å²) in [4.78, 5) is 29.9. The summed E-state index contributed by atoms with van der Waals surface area (Å²) >= 11 is 6.55. The van der Waals surface area contributed by atoms with E-state index in [1.807, 2.05) is 44.2 Å². The minimum Gasteiger partial charge on any atom is -0.497 e. The van der Waals surface area contributed by atoms with Crippen LogP contribution in [0.2, 0.25) is 5.02 Å². The molecule has 0 saturated carbocycles. The molecule has 0 spiro atoms. The molecule has 0 aliphatic rings. The number of hydrogen-bond donors (Lipinski definition) is 1. The zero-order valence-corrected chi connectivity index (χ0v) is 27.2. The Kier molecular flexibility index (Phi) is 11.6. The van der Waals surface area contributed by atoms with Crippen molar-refractivity contribution >= 4 is 39.1 Å². The molecule has 0 heterocycles. The highest BCUT2D eigenvalue weighted by Gasteiger charge is 2.35. The van der Waals surface area contributed by atoms with Crippen molar-refractivity contribution in [3.63, 3.8) is 0 Å². The van der Waals surface area contributed by atoms with Gasteiger partial charge in [-0.15, -0.1) is 0 Å². The van der Waals surface area contributed by atoms with Crippen LogP contribution in [-0.2, 0) is 32.6 Å². The van der Waals surface area contributed by atoms with Crippen molar-refractivity contribution < 1.29 is 22.7 Å². The third-order valence-electron chi connectivity index (χ3n) is 7.52. The highest BCUT2D eigenvalue weighted by Crippen LogP contribution is 2.28. The Bertz CT molecular complexity index is 1690. The molecule has 0 fully saturated rings. The molecule has 236 valence electrons. The van der Waals surface area contributed by atoms with Gasteiger partial charge in [0.1, 0.15) is 18.3 Å². The predicted molar refractivity (Wildman–Crippen MR) is 178 cm³/mol. The van der Waals surface area contributed by atoms with E-state index in [1.54, 1.807) is 66.7 Å². The number of nitrogens with zero attached hydrogens (tertiary/aromatic N) is 2. The number of amides is 2. The van der Waals surface area contributed by atoms with Crippen LogP contribution in [0.15, 0.2) is 114 Å². The van der Waals surface area contributed by atoms with Crippen LogP contribution in [0.1, 0.15) is 31.4 Å². The van der Waals surface area contributed by atoms with Gasteiger partial charge >= 0.3 is 0 Å². The van der Waals surface area contributed by atoms with Crippen LogP contribution in [0.25, 0.3) is 0 Å². The van der Waals surface area contributed by atoms with Crippen molar-refractivity contribution in [3.05, 3.63) is 125 Å². The molecule has 8 nitrogen and oxygen atoms in total. The molecule has 0 saturated heterocycles. The van der Waals surface area contributed by atoms with Gasteiger partial charge in [0, 0.05) is 30.1 Å². The maximum absolute atomic E-state index is 14.5. The first-order valence-electron chi connectivity index (χ1n) is 14.7. The number of ether oxygens (including phenoxy) is 1. The van der Waals surface area contributed by atoms with Crippen molar-refractivity contribution in [1.82, 2.24) is 10.2 Å². The molecule has 0 radical (unpaired) electrons. The standard InChI is InChI=1S/C35H38ClN3O5S/c1-4-26(2)37-35(41)33(22-27-14-7-5-8-15-27)38(24-28-16-11-12-21-32(28)36)34(40)25-39(29-17-13-18-30(23-29)44-3)45(42,43)31-19-9-6-10-20-31/h5-21,23,26,33H,4,22,24-25H2,1-3H3,(H,37,41)/t26-,33+/m1/s1. The number of halogens is 1. The van der Waals surface area contributed by atoms with E-state index in [4.69, 9.17) is 16.3 Å². The zero-order chi connectivity index (χ0) is 32.4. The number of rotatable bonds is 14. The van der Waals surface area contributed by atoms with Gasteiger partial charge in [0.25, 0.3) is 10.0 Å². The maximum Gasteiger partial charge on any atom is 0.264 e. The highest BCUT2D eigenvalue weighted by atomic mass is 35.5. The molecule has 0 unspecified atom stereocenters. The molecule has 2 atom stereocenters. The topological polar surface area (TPSA) is 96.0 Å². The second-order valence-corrected chi connectivity index (χ2v) is 12.9. The van der Waals surface area contributed by atoms with Crippen LogP contribution in [0, 0.1) is 0 Å². The largest absolute Gasteiger partial charge is 0.497 e. The minimum absolute atomic E-state index is 0.0126. The molecule has 4 rings (SSSR count). The van der Waals surface area contributed by atoms with E-state index in [0.29, 0.717) is 22.8 Å². The molecule has 1 N–H and O–H groups in total. The normalized spacial score (nSPS) is 12.5. The van der Waals surface area contributed by atoms with Gasteiger partial charge in [-0.2, -0.15) is 0 Å². The van der Waals surface area contributed by atoms with Gasteiger partial charge in [0.05, 0.1) is 17.7 Å². The van der Waals surface area contributed by atoms with Crippen LogP contribution in [0.3, 0.4) is 0 Å². The van der Waals surface area contributed by atoms with Gasteiger partial charge in [0.2, 0.25) is 11.8 Å². The Hall–Kier alpha value is -4.34. The maximum atomic E-state index is 14.5. The third-order valence-corrected chi connectivity index (χ3v) is 9.68. The number of hydrogen-bond acceptors (Lipinski definition) is 5. The Morgan fingerprint density at radius 2 is 1.53 bits per heavy atom. The van der Waals surface area contributed by atoms with E-state index in [2.05, 4.69) is 5.32 Å². The first-order valence-corrected chi connectivity index (χ1v) is 16.5. The number of carbonyl (C=O) groups excluding carboxylic acids is 2. The van der Waals surface area contributed by atoms with Crippen LogP contribution in [0.5, 0.6) is 5.75 Å². The first-order chi connectivity index (χ1) is 21.6. The van der Waals surface area contributed by atoms with Crippen molar-refractivity contribution in [1.29, 1.82) is 0 Å². The van der Waals surface area contributed by atoms with Gasteiger partial charge in [-0.05, 0) is 54.8 Å². The van der Waals surface area contributed by atoms with Crippen molar-refractivity contribution in [2.24, 2.45) is 0 Å². The summed E-state index contributed by atoms with van der Waals surface area (Å²) in [6.07, 6.45) is 0.908. The smallest absolute Gasteiger partial charge is 0.264 e. The summed E-state index contributed by atoms with van der Waals surface area (Å²) in [5.74, 6) is -0.485. The predicted octanol–water partition coefficient (Wildman–Crippen LogP) is 6.10. The average molecular weight is 648 g/mol. The Balaban J connectivity index is 1.82. The lowest BCUT2D eigenvalue weighted by Crippen LogP contribution is -2.54. The number of anilines is 1. The van der Waals surface area contributed by atoms with E-state index >= 15 is 0 Å². The molecule has 0 aromatic heterocycles. The molecule has 4 aromatic rings. The van der Waals surface area contributed by atoms with Gasteiger partial charge in [-0.3, -0.25) is 13.9 Å². The second-order valence-electron chi connectivity index (χ2n) is 10.7. The number of carbonyl (C=O) groups is 2. The fraction of sp³-hybridized carbons (Fsp3) is 0.257. The monoisotopic (exact) mass is 647 g/mol. The third kappa shape index (κ3) is 8.65. The molecule has 0 bridgehead atoms. The summed E-state index contributed by atoms with van der Waals surface area (Å²) in [6.45, 7) is 3.27. The summed E-state index contributed by atoms with van der Waals surface area (Å²) < 4.78 is 34.6. The molecule has 10 heteroatoms. The Morgan fingerprint density at radius 1 is 0.889 bits per heavy atom. The van der Waals surface area contributed by atoms with E-state index in [-0.39, 0.29) is 35.5 Å². The van der Waals surface area contributed by atoms with Gasteiger partial charge < -0.3 is 15.0 Å². The van der Waals surface area contributed by atoms with Crippen LogP contribution in [-0.4, -0.2) is 50.9 Å². The molecule has 45 heavy (non-hydrogen) atoms. The number of sulfonamides is 1. The average Bonchev–Trinajstić information content (AvgIpc) is 3.06. The minimum atomic E-state index is -4.21. The highest BCUT2D eigenvalue weighted by molar-refractivity contribution is 7.92. The number of benzene rings is 4. The fourth-order valence-corrected chi connectivity index (χ4v) is 6.44. The molecule has 0 aliphatic carbocycles. The van der Waals surface area contributed by atoms with Gasteiger partial charge in [0.15, 0.2) is 0 Å². The van der Waals surface area contributed by atoms with Crippen molar-refractivity contribution in [2.75, 3.05) is 18.0 Å². The summed E-state index contributed by atoms with van der Waals surface area (Å²) in [5, 5.41) is 3.46. The number of nitrogens with one attached hydrogen (secondary N) is 1. The Morgan fingerprint density at radius 3 is 2.18 bits per heavy atom. The zero-order valence-electron chi connectivity index (χ0n) is 25.6. The van der Waals surface area contributed by atoms with Crippen molar-refractivity contribution in [2.45, 2.75) is 50.2 Å². The van der Waals surface area contributed by atoms with Crippen LogP contribution in [0.4, 0.5) is 5.69 Å². The fourth-order valence-electron chi connectivity index (χ4n) is 4.82. The van der Waals surface area contributed by atoms with E-state index in [1.165, 1.54) is 24.1 Å². The lowest BCUT2D eigenvalue weighted by Gasteiger charge is -2.34. The van der Waals surface area contributed by atoms with Crippen LogP contribution < -0.4 is 14.4 Å². The van der Waals surface area contributed by atoms with E-state index in [9.17, 15) is 18.0 Å². The molecular formula is C35H38ClN3O5S. The quantitative estimate of drug-likeness (QED) is 0.179. The summed E-state index contributed by atoms with van der Waals surface area (Å²) in [7, 11) is -2.73. The lowest BCUT2D eigenvalue weighted by molar-refractivity contribution is -0.140.